The molecule has 0 atom stereocenters. The van der Waals surface area contributed by atoms with Gasteiger partial charge in [0.2, 0.25) is 11.8 Å². The Balaban J connectivity index is 1.52. The topological polar surface area (TPSA) is 72.9 Å². The van der Waals surface area contributed by atoms with E-state index >= 15 is 0 Å². The number of aryl methyl sites for hydroxylation is 1. The third-order valence-electron chi connectivity index (χ3n) is 5.15. The molecule has 0 radical (unpaired) electrons. The van der Waals surface area contributed by atoms with Crippen molar-refractivity contribution in [2.75, 3.05) is 7.11 Å². The lowest BCUT2D eigenvalue weighted by Gasteiger charge is -2.11. The van der Waals surface area contributed by atoms with Crippen LogP contribution in [0.4, 0.5) is 4.39 Å². The van der Waals surface area contributed by atoms with Crippen molar-refractivity contribution in [1.82, 2.24) is 20.2 Å². The largest absolute Gasteiger partial charge is 0.481 e. The molecular weight excluding hydrogens is 395 g/mol. The van der Waals surface area contributed by atoms with E-state index in [0.717, 1.165) is 33.2 Å². The van der Waals surface area contributed by atoms with Crippen LogP contribution in [-0.2, 0) is 6.42 Å². The van der Waals surface area contributed by atoms with E-state index in [1.165, 1.54) is 0 Å². The summed E-state index contributed by atoms with van der Waals surface area (Å²) in [6.45, 7) is 1.88. The Labute approximate surface area is 177 Å². The summed E-state index contributed by atoms with van der Waals surface area (Å²) in [5.74, 6) is 0.497. The van der Waals surface area contributed by atoms with Gasteiger partial charge in [-0.2, -0.15) is 5.10 Å². The number of nitrogens with one attached hydrogen (secondary N) is 1. The first-order chi connectivity index (χ1) is 15.1. The summed E-state index contributed by atoms with van der Waals surface area (Å²) in [7, 11) is 1.58. The molecule has 6 nitrogen and oxygen atoms in total. The number of halogens is 1. The maximum atomic E-state index is 15.0. The predicted molar refractivity (Wildman–Crippen MR) is 116 cm³/mol. The number of pyridine rings is 1. The van der Waals surface area contributed by atoms with Gasteiger partial charge in [0.1, 0.15) is 0 Å². The van der Waals surface area contributed by atoms with Gasteiger partial charge in [0.05, 0.1) is 12.8 Å². The summed E-state index contributed by atoms with van der Waals surface area (Å²) < 4.78 is 26.0. The van der Waals surface area contributed by atoms with E-state index < -0.39 is 5.82 Å². The molecule has 0 fully saturated rings. The molecule has 0 aliphatic carbocycles. The van der Waals surface area contributed by atoms with Crippen molar-refractivity contribution in [2.24, 2.45) is 0 Å². The van der Waals surface area contributed by atoms with Gasteiger partial charge in [-0.05, 0) is 36.8 Å². The second-order valence-electron chi connectivity index (χ2n) is 7.28. The molecule has 0 saturated carbocycles. The van der Waals surface area contributed by atoms with E-state index in [1.807, 2.05) is 43.3 Å². The number of methoxy groups -OCH3 is 1. The van der Waals surface area contributed by atoms with Gasteiger partial charge in [-0.3, -0.25) is 0 Å². The van der Waals surface area contributed by atoms with Crippen molar-refractivity contribution in [3.8, 4) is 17.5 Å². The van der Waals surface area contributed by atoms with Gasteiger partial charge in [-0.1, -0.05) is 24.3 Å². The lowest BCUT2D eigenvalue weighted by atomic mass is 10.1. The molecule has 2 aromatic carbocycles. The Hall–Kier alpha value is -4.00. The van der Waals surface area contributed by atoms with E-state index in [-0.39, 0.29) is 11.6 Å². The van der Waals surface area contributed by atoms with Gasteiger partial charge in [0.15, 0.2) is 11.6 Å². The monoisotopic (exact) mass is 414 g/mol. The van der Waals surface area contributed by atoms with Crippen LogP contribution in [0.25, 0.3) is 21.7 Å². The van der Waals surface area contributed by atoms with Crippen LogP contribution in [0.2, 0.25) is 0 Å². The number of ether oxygens (including phenoxy) is 2. The molecular formula is C24H19FN4O2. The number of benzene rings is 2. The van der Waals surface area contributed by atoms with Crippen LogP contribution in [-0.4, -0.2) is 27.3 Å². The molecule has 0 saturated heterocycles. The number of rotatable bonds is 5. The Morgan fingerprint density at radius 1 is 0.968 bits per heavy atom. The van der Waals surface area contributed by atoms with E-state index in [2.05, 4.69) is 20.2 Å². The molecule has 154 valence electrons. The molecule has 3 aromatic heterocycles. The molecule has 0 amide bonds. The van der Waals surface area contributed by atoms with Gasteiger partial charge in [-0.15, -0.1) is 5.10 Å². The first-order valence-corrected chi connectivity index (χ1v) is 9.81. The van der Waals surface area contributed by atoms with Crippen LogP contribution in [0.1, 0.15) is 17.0 Å². The van der Waals surface area contributed by atoms with Crippen LogP contribution in [0.15, 0.2) is 60.8 Å². The van der Waals surface area contributed by atoms with Crippen molar-refractivity contribution < 1.29 is 13.9 Å². The lowest BCUT2D eigenvalue weighted by Crippen LogP contribution is -2.01. The van der Waals surface area contributed by atoms with E-state index in [9.17, 15) is 4.39 Å². The number of nitrogens with zero attached hydrogens (tertiary/aromatic N) is 3. The Morgan fingerprint density at radius 2 is 1.81 bits per heavy atom. The van der Waals surface area contributed by atoms with Crippen molar-refractivity contribution >= 4 is 21.7 Å². The predicted octanol–water partition coefficient (Wildman–Crippen LogP) is 5.35. The fraction of sp³-hybridized carbons (Fsp3) is 0.125. The first kappa shape index (κ1) is 19.0. The number of H-pyrrole nitrogens is 1. The molecule has 0 aliphatic rings. The van der Waals surface area contributed by atoms with Crippen LogP contribution >= 0.6 is 0 Å². The Bertz CT molecular complexity index is 1400. The molecule has 3 heterocycles. The molecule has 0 bridgehead atoms. The number of hydrogen-bond donors (Lipinski definition) is 1. The summed E-state index contributed by atoms with van der Waals surface area (Å²) in [6.07, 6.45) is 2.30. The maximum Gasteiger partial charge on any atom is 0.246 e. The van der Waals surface area contributed by atoms with Gasteiger partial charge < -0.3 is 14.5 Å². The molecule has 31 heavy (non-hydrogen) atoms. The number of fused-ring (bicyclic) bond motifs is 2. The fourth-order valence-corrected chi connectivity index (χ4v) is 3.64. The molecule has 0 unspecified atom stereocenters. The zero-order valence-electron chi connectivity index (χ0n) is 17.0. The van der Waals surface area contributed by atoms with Crippen LogP contribution in [0.5, 0.6) is 17.5 Å². The van der Waals surface area contributed by atoms with E-state index in [1.54, 1.807) is 31.5 Å². The number of aromatic amines is 1. The first-order valence-electron chi connectivity index (χ1n) is 9.81. The number of aromatic nitrogens is 4. The zero-order chi connectivity index (χ0) is 21.4. The summed E-state index contributed by atoms with van der Waals surface area (Å²) in [4.78, 5) is 7.37. The van der Waals surface area contributed by atoms with Gasteiger partial charge >= 0.3 is 0 Å². The Morgan fingerprint density at radius 3 is 2.58 bits per heavy atom. The van der Waals surface area contributed by atoms with Crippen molar-refractivity contribution in [2.45, 2.75) is 13.3 Å². The third-order valence-corrected chi connectivity index (χ3v) is 5.15. The quantitative estimate of drug-likeness (QED) is 0.420. The summed E-state index contributed by atoms with van der Waals surface area (Å²) in [5.41, 5.74) is 3.37. The van der Waals surface area contributed by atoms with Crippen LogP contribution in [0.3, 0.4) is 0 Å². The second kappa shape index (κ2) is 7.68. The summed E-state index contributed by atoms with van der Waals surface area (Å²) >= 11 is 0. The minimum Gasteiger partial charge on any atom is -0.481 e. The van der Waals surface area contributed by atoms with E-state index in [4.69, 9.17) is 9.47 Å². The highest BCUT2D eigenvalue weighted by Gasteiger charge is 2.16. The van der Waals surface area contributed by atoms with Crippen molar-refractivity contribution in [3.05, 3.63) is 83.6 Å². The maximum absolute atomic E-state index is 15.0. The minimum atomic E-state index is -0.430. The average Bonchev–Trinajstić information content (AvgIpc) is 3.19. The van der Waals surface area contributed by atoms with E-state index in [0.29, 0.717) is 17.7 Å². The van der Waals surface area contributed by atoms with Gasteiger partial charge in [0.25, 0.3) is 0 Å². The second-order valence-corrected chi connectivity index (χ2v) is 7.28. The molecule has 5 aromatic rings. The van der Waals surface area contributed by atoms with Gasteiger partial charge in [0, 0.05) is 46.1 Å². The molecule has 7 heteroatoms. The highest BCUT2D eigenvalue weighted by atomic mass is 19.1. The average molecular weight is 414 g/mol. The summed E-state index contributed by atoms with van der Waals surface area (Å²) in [5, 5.41) is 10.8. The highest BCUT2D eigenvalue weighted by molar-refractivity contribution is 5.89. The van der Waals surface area contributed by atoms with Crippen molar-refractivity contribution in [1.29, 1.82) is 0 Å². The third kappa shape index (κ3) is 3.54. The molecule has 5 rings (SSSR count). The molecule has 0 aliphatic heterocycles. The Kier molecular flexibility index (Phi) is 4.71. The summed E-state index contributed by atoms with van der Waals surface area (Å²) in [6, 6.07) is 16.6. The number of hydrogen-bond acceptors (Lipinski definition) is 5. The lowest BCUT2D eigenvalue weighted by molar-refractivity contribution is 0.397. The molecule has 0 spiro atoms. The minimum absolute atomic E-state index is 0.109. The van der Waals surface area contributed by atoms with Crippen LogP contribution < -0.4 is 9.47 Å². The fourth-order valence-electron chi connectivity index (χ4n) is 3.64. The standard InChI is InChI=1S/C24H19FN4O2/c1-14-11-18-19(27-14)8-9-21(23(18)25)31-24-17-6-4-3-5-16(17)20(28-29-24)12-15-7-10-22(30-2)26-13-15/h3-11,13,27H,12H2,1-2H3. The smallest absolute Gasteiger partial charge is 0.246 e. The SMILES string of the molecule is COc1ccc(Cc2nnc(Oc3ccc4[nH]c(C)cc4c3F)c3ccccc23)cn1. The van der Waals surface area contributed by atoms with Crippen molar-refractivity contribution in [3.63, 3.8) is 0 Å². The highest BCUT2D eigenvalue weighted by Crippen LogP contribution is 2.33. The molecule has 1 N–H and O–H groups in total. The zero-order valence-corrected chi connectivity index (χ0v) is 17.0. The van der Waals surface area contributed by atoms with Crippen LogP contribution in [0, 0.1) is 12.7 Å². The normalized spacial score (nSPS) is 11.2. The van der Waals surface area contributed by atoms with Gasteiger partial charge in [-0.25, -0.2) is 9.37 Å².